The second kappa shape index (κ2) is 14.6. The van der Waals surface area contributed by atoms with Crippen molar-refractivity contribution >= 4 is 29.5 Å². The summed E-state index contributed by atoms with van der Waals surface area (Å²) in [5.41, 5.74) is 2.90. The molecule has 0 radical (unpaired) electrons. The lowest BCUT2D eigenvalue weighted by molar-refractivity contribution is -0.148. The van der Waals surface area contributed by atoms with Gasteiger partial charge in [-0.25, -0.2) is 0 Å². The molecule has 0 aliphatic carbocycles. The molecular weight excluding hydrogens is 562 g/mol. The van der Waals surface area contributed by atoms with E-state index in [0.717, 1.165) is 16.7 Å². The van der Waals surface area contributed by atoms with Gasteiger partial charge >= 0.3 is 0 Å². The Morgan fingerprint density at radius 3 is 2.28 bits per heavy atom. The molecule has 3 amide bonds. The van der Waals surface area contributed by atoms with Crippen molar-refractivity contribution in [2.24, 2.45) is 0 Å². The molecule has 1 aliphatic rings. The van der Waals surface area contributed by atoms with Crippen LogP contribution in [-0.4, -0.2) is 62.6 Å². The molecule has 1 unspecified atom stereocenters. The van der Waals surface area contributed by atoms with Crippen LogP contribution >= 0.6 is 11.8 Å². The van der Waals surface area contributed by atoms with E-state index in [9.17, 15) is 19.5 Å². The van der Waals surface area contributed by atoms with E-state index < -0.39 is 40.9 Å². The molecule has 1 aliphatic heterocycles. The molecule has 1 saturated heterocycles. The molecule has 0 spiro atoms. The highest BCUT2D eigenvalue weighted by molar-refractivity contribution is 8.00. The second-order valence-electron chi connectivity index (χ2n) is 11.3. The van der Waals surface area contributed by atoms with E-state index in [1.54, 1.807) is 12.1 Å². The third kappa shape index (κ3) is 8.18. The summed E-state index contributed by atoms with van der Waals surface area (Å²) in [6.45, 7) is 8.00. The third-order valence-electron chi connectivity index (χ3n) is 7.74. The number of thioether (sulfide) groups is 1. The van der Waals surface area contributed by atoms with Crippen molar-refractivity contribution in [1.29, 1.82) is 0 Å². The molecule has 3 N–H and O–H groups in total. The fourth-order valence-electron chi connectivity index (χ4n) is 5.21. The number of aryl methyl sites for hydroxylation is 1. The highest BCUT2D eigenvalue weighted by Gasteiger charge is 2.49. The van der Waals surface area contributed by atoms with Crippen LogP contribution in [0.25, 0.3) is 0 Å². The van der Waals surface area contributed by atoms with Crippen molar-refractivity contribution in [3.8, 4) is 5.75 Å². The fraction of sp³-hybridized carbons (Fsp3) is 0.382. The van der Waals surface area contributed by atoms with Crippen LogP contribution in [0.2, 0.25) is 0 Å². The minimum Gasteiger partial charge on any atom is -0.481 e. The molecule has 3 aromatic carbocycles. The summed E-state index contributed by atoms with van der Waals surface area (Å²) in [5, 5.41) is 17.4. The average molecular weight is 604 g/mol. The smallest absolute Gasteiger partial charge is 0.261 e. The summed E-state index contributed by atoms with van der Waals surface area (Å²) < 4.78 is 5.34. The molecule has 0 saturated carbocycles. The van der Waals surface area contributed by atoms with Crippen molar-refractivity contribution in [1.82, 2.24) is 15.5 Å². The maximum atomic E-state index is 13.9. The van der Waals surface area contributed by atoms with E-state index in [0.29, 0.717) is 18.7 Å². The Kier molecular flexibility index (Phi) is 10.9. The van der Waals surface area contributed by atoms with Crippen LogP contribution in [0.4, 0.5) is 0 Å². The number of aliphatic hydroxyl groups excluding tert-OH is 1. The van der Waals surface area contributed by atoms with E-state index >= 15 is 0 Å². The summed E-state index contributed by atoms with van der Waals surface area (Å²) in [5.74, 6) is -0.525. The minimum atomic E-state index is -1.58. The number of carbonyl (C=O) groups excluding carboxylic acids is 3. The van der Waals surface area contributed by atoms with E-state index in [4.69, 9.17) is 4.74 Å². The zero-order valence-corrected chi connectivity index (χ0v) is 26.0. The van der Waals surface area contributed by atoms with Gasteiger partial charge in [0.1, 0.15) is 11.8 Å². The number of amides is 3. The van der Waals surface area contributed by atoms with Gasteiger partial charge in [-0.05, 0) is 62.4 Å². The first-order valence-electron chi connectivity index (χ1n) is 14.6. The van der Waals surface area contributed by atoms with Crippen LogP contribution in [-0.2, 0) is 27.3 Å². The molecule has 9 heteroatoms. The van der Waals surface area contributed by atoms with Crippen molar-refractivity contribution in [3.63, 3.8) is 0 Å². The normalized spacial score (nSPS) is 17.9. The van der Waals surface area contributed by atoms with Gasteiger partial charge in [0.05, 0.1) is 11.9 Å². The van der Waals surface area contributed by atoms with Gasteiger partial charge in [0.25, 0.3) is 11.8 Å². The van der Waals surface area contributed by atoms with Crippen molar-refractivity contribution in [2.75, 3.05) is 5.88 Å². The summed E-state index contributed by atoms with van der Waals surface area (Å²) in [7, 11) is 0. The summed E-state index contributed by atoms with van der Waals surface area (Å²) in [6.07, 6.45) is -1.79. The maximum absolute atomic E-state index is 13.9. The van der Waals surface area contributed by atoms with Crippen LogP contribution in [0.15, 0.2) is 84.9 Å². The van der Waals surface area contributed by atoms with E-state index in [1.165, 1.54) is 16.7 Å². The minimum absolute atomic E-state index is 0.218. The lowest BCUT2D eigenvalue weighted by Gasteiger charge is -2.33. The predicted molar refractivity (Wildman–Crippen MR) is 169 cm³/mol. The quantitative estimate of drug-likeness (QED) is 0.286. The highest BCUT2D eigenvalue weighted by Crippen LogP contribution is 2.40. The van der Waals surface area contributed by atoms with Gasteiger partial charge in [0.15, 0.2) is 12.2 Å². The molecule has 3 aromatic rings. The van der Waals surface area contributed by atoms with Crippen molar-refractivity contribution in [2.45, 2.75) is 76.1 Å². The molecule has 4 rings (SSSR count). The number of rotatable bonds is 12. The molecular formula is C34H41N3O5S. The number of aliphatic hydroxyl groups is 1. The largest absolute Gasteiger partial charge is 0.481 e. The molecule has 43 heavy (non-hydrogen) atoms. The lowest BCUT2D eigenvalue weighted by Crippen LogP contribution is -2.59. The molecule has 228 valence electrons. The van der Waals surface area contributed by atoms with Gasteiger partial charge in [-0.1, -0.05) is 79.7 Å². The van der Waals surface area contributed by atoms with Crippen LogP contribution in [0.3, 0.4) is 0 Å². The number of nitrogens with zero attached hydrogens (tertiary/aromatic N) is 1. The number of ether oxygens (including phenoxy) is 1. The molecule has 0 bridgehead atoms. The van der Waals surface area contributed by atoms with E-state index in [1.807, 2.05) is 100 Å². The Balaban J connectivity index is 1.52. The maximum Gasteiger partial charge on any atom is 0.261 e. The monoisotopic (exact) mass is 603 g/mol. The number of hydrogen-bond acceptors (Lipinski definition) is 6. The number of para-hydroxylation sites is 1. The van der Waals surface area contributed by atoms with Crippen molar-refractivity contribution < 1.29 is 24.2 Å². The molecule has 4 atom stereocenters. The Morgan fingerprint density at radius 2 is 1.63 bits per heavy atom. The van der Waals surface area contributed by atoms with Gasteiger partial charge in [-0.3, -0.25) is 14.4 Å². The van der Waals surface area contributed by atoms with Gasteiger partial charge in [-0.2, -0.15) is 0 Å². The first kappa shape index (κ1) is 32.1. The van der Waals surface area contributed by atoms with Gasteiger partial charge in [0.2, 0.25) is 5.91 Å². The summed E-state index contributed by atoms with van der Waals surface area (Å²) >= 11 is 1.48. The van der Waals surface area contributed by atoms with E-state index in [2.05, 4.69) is 10.6 Å². The van der Waals surface area contributed by atoms with Gasteiger partial charge in [-0.15, -0.1) is 11.8 Å². The number of nitrogens with one attached hydrogen (secondary N) is 2. The molecule has 8 nitrogen and oxygen atoms in total. The van der Waals surface area contributed by atoms with Crippen LogP contribution < -0.4 is 15.4 Å². The number of hydrogen-bond donors (Lipinski definition) is 3. The predicted octanol–water partition coefficient (Wildman–Crippen LogP) is 4.24. The highest BCUT2D eigenvalue weighted by atomic mass is 32.2. The van der Waals surface area contributed by atoms with Gasteiger partial charge in [0, 0.05) is 11.3 Å². The second-order valence-corrected chi connectivity index (χ2v) is 12.9. The summed E-state index contributed by atoms with van der Waals surface area (Å²) in [4.78, 5) is 42.3. The van der Waals surface area contributed by atoms with Crippen LogP contribution in [0.1, 0.15) is 43.9 Å². The third-order valence-corrected chi connectivity index (χ3v) is 9.11. The topological polar surface area (TPSA) is 108 Å². The number of carbonyl (C=O) groups is 3. The van der Waals surface area contributed by atoms with E-state index in [-0.39, 0.29) is 18.2 Å². The zero-order chi connectivity index (χ0) is 31.0. The molecule has 1 fully saturated rings. The van der Waals surface area contributed by atoms with Crippen LogP contribution in [0, 0.1) is 6.92 Å². The zero-order valence-electron chi connectivity index (χ0n) is 25.2. The van der Waals surface area contributed by atoms with Gasteiger partial charge < -0.3 is 25.4 Å². The molecule has 1 heterocycles. The molecule has 0 aromatic heterocycles. The fourth-order valence-corrected chi connectivity index (χ4v) is 6.35. The van der Waals surface area contributed by atoms with Crippen molar-refractivity contribution in [3.05, 3.63) is 102 Å². The Hall–Kier alpha value is -3.82. The standard InChI is InChI=1S/C34H41N3O5S/c1-5-28(42-26-18-10-7-11-19-26)31(39)36-27(20-24-15-8-6-9-16-24)29(38)33(41)37-22-43-34(3,4)30(37)32(40)35-21-25-17-13-12-14-23(25)2/h6-19,27-30,38H,5,20-22H2,1-4H3,(H,35,40)(H,36,39)/t27-,28?,29-,30+/m0/s1. The first-order chi connectivity index (χ1) is 20.6. The number of benzene rings is 3. The SMILES string of the molecule is CCC(Oc1ccccc1)C(=O)N[C@@H](Cc1ccccc1)[C@H](O)C(=O)N1CSC(C)(C)[C@H]1C(=O)NCc1ccccc1C. The Labute approximate surface area is 258 Å². The Morgan fingerprint density at radius 1 is 1.00 bits per heavy atom. The lowest BCUT2D eigenvalue weighted by atomic mass is 9.97. The first-order valence-corrected chi connectivity index (χ1v) is 15.6. The Bertz CT molecular complexity index is 1390. The summed E-state index contributed by atoms with van der Waals surface area (Å²) in [6, 6.07) is 24.5. The average Bonchev–Trinajstić information content (AvgIpc) is 3.33. The van der Waals surface area contributed by atoms with Crippen LogP contribution in [0.5, 0.6) is 5.75 Å².